The highest BCUT2D eigenvalue weighted by Gasteiger charge is 2.48. The number of hydrogen-bond acceptors (Lipinski definition) is 3. The van der Waals surface area contributed by atoms with Crippen molar-refractivity contribution in [2.45, 2.75) is 76.9 Å². The maximum atomic E-state index is 13.9. The predicted octanol–water partition coefficient (Wildman–Crippen LogP) is 5.02. The minimum atomic E-state index is -1.01. The summed E-state index contributed by atoms with van der Waals surface area (Å²) in [6.07, 6.45) is 7.19. The molecule has 1 N–H and O–H groups in total. The molecule has 6 nitrogen and oxygen atoms in total. The van der Waals surface area contributed by atoms with Gasteiger partial charge in [0.2, 0.25) is 5.91 Å². The Morgan fingerprint density at radius 3 is 2.44 bits per heavy atom. The first-order valence-electron chi connectivity index (χ1n) is 13.3. The number of carbonyl (C=O) groups excluding carboxylic acids is 2. The van der Waals surface area contributed by atoms with Crippen LogP contribution in [0.4, 0.5) is 0 Å². The summed E-state index contributed by atoms with van der Waals surface area (Å²) >= 11 is 0. The van der Waals surface area contributed by atoms with Crippen molar-refractivity contribution in [1.29, 1.82) is 0 Å². The Balaban J connectivity index is 1.45. The van der Waals surface area contributed by atoms with Crippen LogP contribution < -0.4 is 5.32 Å². The van der Waals surface area contributed by atoms with Crippen LogP contribution in [0, 0.1) is 0 Å². The fraction of sp³-hybridized carbons (Fsp3) is 0.433. The normalized spacial score (nSPS) is 20.3. The summed E-state index contributed by atoms with van der Waals surface area (Å²) < 4.78 is 1.74. The third-order valence-corrected chi connectivity index (χ3v) is 7.85. The van der Waals surface area contributed by atoms with E-state index in [1.54, 1.807) is 9.58 Å². The van der Waals surface area contributed by atoms with Gasteiger partial charge in [-0.25, -0.2) is 0 Å². The van der Waals surface area contributed by atoms with Crippen molar-refractivity contribution in [2.24, 2.45) is 0 Å². The Bertz CT molecular complexity index is 1210. The number of hydrogen-bond donors (Lipinski definition) is 1. The molecule has 36 heavy (non-hydrogen) atoms. The molecule has 2 aromatic carbocycles. The van der Waals surface area contributed by atoms with Crippen molar-refractivity contribution < 1.29 is 9.59 Å². The quantitative estimate of drug-likeness (QED) is 0.512. The summed E-state index contributed by atoms with van der Waals surface area (Å²) in [6.45, 7) is 4.85. The molecule has 188 valence electrons. The van der Waals surface area contributed by atoms with Gasteiger partial charge >= 0.3 is 0 Å². The van der Waals surface area contributed by atoms with Gasteiger partial charge in [0.15, 0.2) is 0 Å². The van der Waals surface area contributed by atoms with Crippen molar-refractivity contribution in [3.8, 4) is 11.3 Å². The van der Waals surface area contributed by atoms with E-state index < -0.39 is 5.54 Å². The number of aromatic nitrogens is 2. The lowest BCUT2D eigenvalue weighted by atomic mass is 9.91. The predicted molar refractivity (Wildman–Crippen MR) is 142 cm³/mol. The van der Waals surface area contributed by atoms with Crippen LogP contribution in [0.3, 0.4) is 0 Å². The maximum Gasteiger partial charge on any atom is 0.273 e. The fourth-order valence-electron chi connectivity index (χ4n) is 5.52. The molecule has 0 spiro atoms. The van der Waals surface area contributed by atoms with Crippen molar-refractivity contribution in [2.75, 3.05) is 6.54 Å². The molecule has 6 heteroatoms. The molecule has 5 rings (SSSR count). The summed E-state index contributed by atoms with van der Waals surface area (Å²) in [5, 5.41) is 8.08. The van der Waals surface area contributed by atoms with Crippen LogP contribution in [0.25, 0.3) is 11.3 Å². The third kappa shape index (κ3) is 4.81. The van der Waals surface area contributed by atoms with Crippen LogP contribution in [0.5, 0.6) is 0 Å². The number of benzene rings is 2. The van der Waals surface area contributed by atoms with Gasteiger partial charge in [-0.2, -0.15) is 5.10 Å². The second-order valence-corrected chi connectivity index (χ2v) is 10.4. The van der Waals surface area contributed by atoms with Crippen molar-refractivity contribution in [3.05, 3.63) is 77.5 Å². The standard InChI is InChI=1S/C30H36N4O2/c1-3-22-14-16-24(17-15-22)26-20-27-28(35)33(19-18-23-10-6-4-7-11-23)30(2,21-34(27)32-26)29(36)31-25-12-8-5-9-13-25/h4,6-7,10-11,14-17,20,25H,3,5,8-9,12-13,18-19,21H2,1-2H3,(H,31,36)/t30-/m0/s1. The molecule has 0 unspecified atom stereocenters. The Morgan fingerprint density at radius 2 is 1.75 bits per heavy atom. The van der Waals surface area contributed by atoms with Crippen LogP contribution in [0.15, 0.2) is 60.7 Å². The second kappa shape index (κ2) is 10.3. The maximum absolute atomic E-state index is 13.9. The summed E-state index contributed by atoms with van der Waals surface area (Å²) in [4.78, 5) is 29.4. The number of fused-ring (bicyclic) bond motifs is 1. The van der Waals surface area contributed by atoms with E-state index in [0.717, 1.165) is 48.9 Å². The van der Waals surface area contributed by atoms with Crippen LogP contribution >= 0.6 is 0 Å². The molecule has 2 aliphatic rings. The van der Waals surface area contributed by atoms with Crippen LogP contribution in [0.1, 0.15) is 67.6 Å². The van der Waals surface area contributed by atoms with E-state index in [1.807, 2.05) is 31.2 Å². The number of nitrogens with one attached hydrogen (secondary N) is 1. The molecule has 1 aromatic heterocycles. The molecule has 2 amide bonds. The number of aryl methyl sites for hydroxylation is 1. The molecular weight excluding hydrogens is 448 g/mol. The largest absolute Gasteiger partial charge is 0.351 e. The lowest BCUT2D eigenvalue weighted by Crippen LogP contribution is -2.65. The van der Waals surface area contributed by atoms with Gasteiger partial charge < -0.3 is 10.2 Å². The van der Waals surface area contributed by atoms with Gasteiger partial charge in [-0.15, -0.1) is 0 Å². The molecule has 0 bridgehead atoms. The second-order valence-electron chi connectivity index (χ2n) is 10.4. The first kappa shape index (κ1) is 24.3. The number of carbonyl (C=O) groups is 2. The lowest BCUT2D eigenvalue weighted by molar-refractivity contribution is -0.134. The minimum Gasteiger partial charge on any atom is -0.351 e. The Labute approximate surface area is 213 Å². The average molecular weight is 485 g/mol. The molecule has 0 radical (unpaired) electrons. The van der Waals surface area contributed by atoms with Crippen molar-refractivity contribution >= 4 is 11.8 Å². The third-order valence-electron chi connectivity index (χ3n) is 7.85. The van der Waals surface area contributed by atoms with Crippen LogP contribution in [-0.2, 0) is 24.2 Å². The van der Waals surface area contributed by atoms with Crippen molar-refractivity contribution in [3.63, 3.8) is 0 Å². The van der Waals surface area contributed by atoms with E-state index in [1.165, 1.54) is 12.0 Å². The first-order chi connectivity index (χ1) is 17.5. The summed E-state index contributed by atoms with van der Waals surface area (Å²) in [5.74, 6) is -0.215. The lowest BCUT2D eigenvalue weighted by Gasteiger charge is -2.44. The zero-order valence-electron chi connectivity index (χ0n) is 21.4. The van der Waals surface area contributed by atoms with Gasteiger partial charge in [0.05, 0.1) is 12.2 Å². The zero-order valence-corrected chi connectivity index (χ0v) is 21.4. The Morgan fingerprint density at radius 1 is 1.03 bits per heavy atom. The minimum absolute atomic E-state index is 0.0780. The molecule has 1 aliphatic heterocycles. The summed E-state index contributed by atoms with van der Waals surface area (Å²) in [6, 6.07) is 20.5. The smallest absolute Gasteiger partial charge is 0.273 e. The Kier molecular flexibility index (Phi) is 6.95. The van der Waals surface area contributed by atoms with E-state index in [9.17, 15) is 9.59 Å². The van der Waals surface area contributed by atoms with E-state index in [-0.39, 0.29) is 17.9 Å². The molecule has 0 saturated heterocycles. The van der Waals surface area contributed by atoms with Crippen LogP contribution in [0.2, 0.25) is 0 Å². The first-order valence-corrected chi connectivity index (χ1v) is 13.3. The van der Waals surface area contributed by atoms with E-state index in [0.29, 0.717) is 25.2 Å². The Hall–Kier alpha value is -3.41. The number of amides is 2. The van der Waals surface area contributed by atoms with Crippen molar-refractivity contribution in [1.82, 2.24) is 20.0 Å². The van der Waals surface area contributed by atoms with E-state index in [2.05, 4.69) is 48.6 Å². The monoisotopic (exact) mass is 484 g/mol. The molecule has 1 aliphatic carbocycles. The van der Waals surface area contributed by atoms with Gasteiger partial charge in [-0.05, 0) is 49.8 Å². The summed E-state index contributed by atoms with van der Waals surface area (Å²) in [7, 11) is 0. The molecule has 1 fully saturated rings. The molecular formula is C30H36N4O2. The van der Waals surface area contributed by atoms with Gasteiger partial charge in [-0.1, -0.05) is 80.8 Å². The highest BCUT2D eigenvalue weighted by atomic mass is 16.2. The number of rotatable bonds is 7. The van der Waals surface area contributed by atoms with Gasteiger partial charge in [0.25, 0.3) is 5.91 Å². The molecule has 1 saturated carbocycles. The SMILES string of the molecule is CCc1ccc(-c2cc3n(n2)C[C@@](C)(C(=O)NC2CCCCC2)N(CCc2ccccc2)C3=O)cc1. The highest BCUT2D eigenvalue weighted by molar-refractivity contribution is 6.00. The van der Waals surface area contributed by atoms with Crippen LogP contribution in [-0.4, -0.2) is 44.6 Å². The average Bonchev–Trinajstić information content (AvgIpc) is 3.33. The van der Waals surface area contributed by atoms with Gasteiger partial charge in [0.1, 0.15) is 11.2 Å². The summed E-state index contributed by atoms with van der Waals surface area (Å²) in [5.41, 5.74) is 3.69. The molecule has 3 aromatic rings. The number of nitrogens with zero attached hydrogens (tertiary/aromatic N) is 3. The topological polar surface area (TPSA) is 67.2 Å². The zero-order chi connectivity index (χ0) is 25.1. The van der Waals surface area contributed by atoms with Gasteiger partial charge in [-0.3, -0.25) is 14.3 Å². The molecule has 1 atom stereocenters. The highest BCUT2D eigenvalue weighted by Crippen LogP contribution is 2.31. The molecule has 2 heterocycles. The van der Waals surface area contributed by atoms with E-state index >= 15 is 0 Å². The van der Waals surface area contributed by atoms with E-state index in [4.69, 9.17) is 5.10 Å². The van der Waals surface area contributed by atoms with Gasteiger partial charge in [0, 0.05) is 18.2 Å². The fourth-order valence-corrected chi connectivity index (χ4v) is 5.52.